The number of hydrogen-bond donors (Lipinski definition) is 2. The Labute approximate surface area is 94.7 Å². The van der Waals surface area contributed by atoms with Crippen LogP contribution in [0.3, 0.4) is 0 Å². The third kappa shape index (κ3) is 3.32. The van der Waals surface area contributed by atoms with Crippen LogP contribution in [-0.2, 0) is 4.79 Å². The highest BCUT2D eigenvalue weighted by molar-refractivity contribution is 7.10. The van der Waals surface area contributed by atoms with Crippen molar-refractivity contribution in [1.82, 2.24) is 5.32 Å². The van der Waals surface area contributed by atoms with Gasteiger partial charge in [-0.1, -0.05) is 19.9 Å². The summed E-state index contributed by atoms with van der Waals surface area (Å²) in [4.78, 5) is 12.8. The van der Waals surface area contributed by atoms with E-state index in [-0.39, 0.29) is 18.0 Å². The molecule has 1 aromatic rings. The molecule has 1 amide bonds. The second-order valence-corrected chi connectivity index (χ2v) is 4.48. The van der Waals surface area contributed by atoms with E-state index in [1.165, 1.54) is 4.88 Å². The van der Waals surface area contributed by atoms with Crippen LogP contribution in [0.4, 0.5) is 0 Å². The van der Waals surface area contributed by atoms with Gasteiger partial charge in [-0.2, -0.15) is 0 Å². The normalized spacial score (nSPS) is 14.6. The first-order valence-electron chi connectivity index (χ1n) is 5.28. The van der Waals surface area contributed by atoms with Crippen LogP contribution in [0.25, 0.3) is 0 Å². The van der Waals surface area contributed by atoms with Crippen LogP contribution in [0, 0.1) is 0 Å². The van der Waals surface area contributed by atoms with Gasteiger partial charge < -0.3 is 11.1 Å². The van der Waals surface area contributed by atoms with E-state index in [9.17, 15) is 4.79 Å². The summed E-state index contributed by atoms with van der Waals surface area (Å²) >= 11 is 1.66. The molecule has 0 bridgehead atoms. The standard InChI is InChI=1S/C11H18N2OS/c1-3-8(12)11(14)13-9(4-2)10-6-5-7-15-10/h5-9H,3-4,12H2,1-2H3,(H,13,14)/t8-,9?/m0/s1. The van der Waals surface area contributed by atoms with E-state index in [1.807, 2.05) is 24.4 Å². The number of carbonyl (C=O) groups excluding carboxylic acids is 1. The fourth-order valence-corrected chi connectivity index (χ4v) is 2.19. The topological polar surface area (TPSA) is 55.1 Å². The molecule has 0 fully saturated rings. The van der Waals surface area contributed by atoms with Crippen molar-refractivity contribution < 1.29 is 4.79 Å². The molecule has 3 N–H and O–H groups in total. The van der Waals surface area contributed by atoms with E-state index in [0.717, 1.165) is 6.42 Å². The molecule has 0 aromatic carbocycles. The van der Waals surface area contributed by atoms with Crippen molar-refractivity contribution >= 4 is 17.2 Å². The van der Waals surface area contributed by atoms with Gasteiger partial charge in [0, 0.05) is 4.88 Å². The van der Waals surface area contributed by atoms with Crippen molar-refractivity contribution in [3.8, 4) is 0 Å². The Morgan fingerprint density at radius 3 is 2.73 bits per heavy atom. The van der Waals surface area contributed by atoms with Crippen LogP contribution < -0.4 is 11.1 Å². The van der Waals surface area contributed by atoms with Gasteiger partial charge in [0.15, 0.2) is 0 Å². The van der Waals surface area contributed by atoms with Gasteiger partial charge in [-0.15, -0.1) is 11.3 Å². The lowest BCUT2D eigenvalue weighted by Crippen LogP contribution is -2.41. The Bertz CT molecular complexity index is 298. The Kier molecular flexibility index (Phi) is 4.78. The number of thiophene rings is 1. The highest BCUT2D eigenvalue weighted by Crippen LogP contribution is 2.21. The Hall–Kier alpha value is -0.870. The first kappa shape index (κ1) is 12.2. The monoisotopic (exact) mass is 226 g/mol. The van der Waals surface area contributed by atoms with Crippen LogP contribution in [-0.4, -0.2) is 11.9 Å². The molecular weight excluding hydrogens is 208 g/mol. The summed E-state index contributed by atoms with van der Waals surface area (Å²) in [6.45, 7) is 3.97. The van der Waals surface area contributed by atoms with Gasteiger partial charge in [0.05, 0.1) is 12.1 Å². The van der Waals surface area contributed by atoms with E-state index in [1.54, 1.807) is 11.3 Å². The van der Waals surface area contributed by atoms with Crippen molar-refractivity contribution in [1.29, 1.82) is 0 Å². The second kappa shape index (κ2) is 5.88. The van der Waals surface area contributed by atoms with Gasteiger partial charge in [0.25, 0.3) is 0 Å². The minimum Gasteiger partial charge on any atom is -0.347 e. The molecule has 1 heterocycles. The van der Waals surface area contributed by atoms with Crippen LogP contribution >= 0.6 is 11.3 Å². The second-order valence-electron chi connectivity index (χ2n) is 3.50. The molecule has 0 spiro atoms. The fourth-order valence-electron chi connectivity index (χ4n) is 1.33. The zero-order chi connectivity index (χ0) is 11.3. The van der Waals surface area contributed by atoms with E-state index < -0.39 is 0 Å². The first-order valence-corrected chi connectivity index (χ1v) is 6.16. The van der Waals surface area contributed by atoms with Gasteiger partial charge >= 0.3 is 0 Å². The van der Waals surface area contributed by atoms with Gasteiger partial charge in [0.1, 0.15) is 0 Å². The molecule has 4 heteroatoms. The molecule has 0 aliphatic carbocycles. The first-order chi connectivity index (χ1) is 7.19. The van der Waals surface area contributed by atoms with E-state index in [2.05, 4.69) is 12.2 Å². The fraction of sp³-hybridized carbons (Fsp3) is 0.545. The molecule has 2 atom stereocenters. The molecule has 1 aromatic heterocycles. The Morgan fingerprint density at radius 2 is 2.27 bits per heavy atom. The average molecular weight is 226 g/mol. The molecule has 1 rings (SSSR count). The lowest BCUT2D eigenvalue weighted by atomic mass is 10.1. The van der Waals surface area contributed by atoms with Crippen molar-refractivity contribution in [2.45, 2.75) is 38.8 Å². The van der Waals surface area contributed by atoms with Crippen molar-refractivity contribution in [2.24, 2.45) is 5.73 Å². The predicted molar refractivity (Wildman–Crippen MR) is 63.8 cm³/mol. The molecule has 0 saturated heterocycles. The molecule has 0 saturated carbocycles. The summed E-state index contributed by atoms with van der Waals surface area (Å²) in [7, 11) is 0. The Morgan fingerprint density at radius 1 is 1.53 bits per heavy atom. The summed E-state index contributed by atoms with van der Waals surface area (Å²) in [5.74, 6) is -0.0576. The zero-order valence-corrected chi connectivity index (χ0v) is 10.0. The quantitative estimate of drug-likeness (QED) is 0.807. The van der Waals surface area contributed by atoms with Crippen molar-refractivity contribution in [2.75, 3.05) is 0 Å². The number of amides is 1. The minimum atomic E-state index is -0.390. The minimum absolute atomic E-state index is 0.0576. The number of hydrogen-bond acceptors (Lipinski definition) is 3. The largest absolute Gasteiger partial charge is 0.347 e. The molecule has 15 heavy (non-hydrogen) atoms. The van der Waals surface area contributed by atoms with Crippen molar-refractivity contribution in [3.63, 3.8) is 0 Å². The zero-order valence-electron chi connectivity index (χ0n) is 9.19. The molecule has 1 unspecified atom stereocenters. The van der Waals surface area contributed by atoms with Crippen LogP contribution in [0.2, 0.25) is 0 Å². The van der Waals surface area contributed by atoms with E-state index in [0.29, 0.717) is 6.42 Å². The lowest BCUT2D eigenvalue weighted by Gasteiger charge is -2.17. The lowest BCUT2D eigenvalue weighted by molar-refractivity contribution is -0.123. The Balaban J connectivity index is 2.58. The number of nitrogens with one attached hydrogen (secondary N) is 1. The highest BCUT2D eigenvalue weighted by atomic mass is 32.1. The van der Waals surface area contributed by atoms with Gasteiger partial charge in [-0.3, -0.25) is 4.79 Å². The van der Waals surface area contributed by atoms with Gasteiger partial charge in [0.2, 0.25) is 5.91 Å². The molecule has 3 nitrogen and oxygen atoms in total. The maximum atomic E-state index is 11.6. The van der Waals surface area contributed by atoms with E-state index >= 15 is 0 Å². The number of carbonyl (C=O) groups is 1. The summed E-state index contributed by atoms with van der Waals surface area (Å²) in [5, 5.41) is 4.98. The average Bonchev–Trinajstić information content (AvgIpc) is 2.77. The van der Waals surface area contributed by atoms with Crippen LogP contribution in [0.15, 0.2) is 17.5 Å². The molecule has 0 aliphatic rings. The van der Waals surface area contributed by atoms with Crippen LogP contribution in [0.5, 0.6) is 0 Å². The maximum Gasteiger partial charge on any atom is 0.237 e. The van der Waals surface area contributed by atoms with Crippen molar-refractivity contribution in [3.05, 3.63) is 22.4 Å². The number of nitrogens with two attached hydrogens (primary N) is 1. The maximum absolute atomic E-state index is 11.6. The predicted octanol–water partition coefficient (Wildman–Crippen LogP) is 2.05. The summed E-state index contributed by atoms with van der Waals surface area (Å²) in [6.07, 6.45) is 1.56. The molecule has 0 aliphatic heterocycles. The SMILES string of the molecule is CCC(NC(=O)[C@@H](N)CC)c1cccs1. The molecule has 84 valence electrons. The van der Waals surface area contributed by atoms with Crippen LogP contribution in [0.1, 0.15) is 37.6 Å². The van der Waals surface area contributed by atoms with Gasteiger partial charge in [-0.05, 0) is 24.3 Å². The highest BCUT2D eigenvalue weighted by Gasteiger charge is 2.17. The van der Waals surface area contributed by atoms with E-state index in [4.69, 9.17) is 5.73 Å². The summed E-state index contributed by atoms with van der Waals surface area (Å²) < 4.78 is 0. The molecular formula is C11H18N2OS. The summed E-state index contributed by atoms with van der Waals surface area (Å²) in [5.41, 5.74) is 5.66. The summed E-state index contributed by atoms with van der Waals surface area (Å²) in [6, 6.07) is 3.75. The smallest absolute Gasteiger partial charge is 0.237 e. The third-order valence-electron chi connectivity index (χ3n) is 2.39. The number of rotatable bonds is 5. The van der Waals surface area contributed by atoms with Gasteiger partial charge in [-0.25, -0.2) is 0 Å². The molecule has 0 radical (unpaired) electrons. The third-order valence-corrected chi connectivity index (χ3v) is 3.37.